The van der Waals surface area contributed by atoms with Gasteiger partial charge in [-0.25, -0.2) is 0 Å². The maximum Gasteiger partial charge on any atom is 0.0661 e. The lowest BCUT2D eigenvalue weighted by Gasteiger charge is -2.43. The Bertz CT molecular complexity index is 242. The van der Waals surface area contributed by atoms with Crippen molar-refractivity contribution in [2.24, 2.45) is 17.6 Å². The molecule has 0 bridgehead atoms. The second-order valence-electron chi connectivity index (χ2n) is 6.04. The molecule has 0 spiro atoms. The third kappa shape index (κ3) is 2.83. The van der Waals surface area contributed by atoms with E-state index in [4.69, 9.17) is 10.5 Å². The molecule has 0 aromatic carbocycles. The van der Waals surface area contributed by atoms with Crippen molar-refractivity contribution >= 4 is 0 Å². The van der Waals surface area contributed by atoms with E-state index in [2.05, 4.69) is 11.8 Å². The molecule has 2 atom stereocenters. The molecule has 2 fully saturated rings. The summed E-state index contributed by atoms with van der Waals surface area (Å²) in [6.07, 6.45) is 6.69. The minimum absolute atomic E-state index is 0.138. The van der Waals surface area contributed by atoms with Crippen LogP contribution in [0.5, 0.6) is 0 Å². The van der Waals surface area contributed by atoms with E-state index in [1.807, 2.05) is 7.11 Å². The van der Waals surface area contributed by atoms with Crippen LogP contribution in [0.3, 0.4) is 0 Å². The van der Waals surface area contributed by atoms with Crippen molar-refractivity contribution in [2.75, 3.05) is 33.4 Å². The highest BCUT2D eigenvalue weighted by Crippen LogP contribution is 2.43. The molecule has 2 aliphatic rings. The molecule has 0 aromatic rings. The Morgan fingerprint density at radius 3 is 2.59 bits per heavy atom. The summed E-state index contributed by atoms with van der Waals surface area (Å²) in [7, 11) is 1.81. The third-order valence-electron chi connectivity index (χ3n) is 4.73. The van der Waals surface area contributed by atoms with Crippen LogP contribution in [0.15, 0.2) is 0 Å². The Morgan fingerprint density at radius 1 is 1.24 bits per heavy atom. The van der Waals surface area contributed by atoms with Gasteiger partial charge < -0.3 is 10.5 Å². The summed E-state index contributed by atoms with van der Waals surface area (Å²) in [5, 5.41) is 0. The molecule has 100 valence electrons. The van der Waals surface area contributed by atoms with Crippen LogP contribution in [0.25, 0.3) is 0 Å². The molecule has 2 unspecified atom stereocenters. The lowest BCUT2D eigenvalue weighted by molar-refractivity contribution is 0.000542. The first-order chi connectivity index (χ1) is 8.23. The standard InChI is InChI=1S/C14H28N2O/c1-12-4-3-8-16(9-7-12)14(10-15,11-17-2)13-5-6-13/h12-13H,3-11,15H2,1-2H3. The van der Waals surface area contributed by atoms with E-state index in [9.17, 15) is 0 Å². The molecule has 0 radical (unpaired) electrons. The van der Waals surface area contributed by atoms with Crippen molar-refractivity contribution in [3.8, 4) is 0 Å². The lowest BCUT2D eigenvalue weighted by Crippen LogP contribution is -2.59. The molecule has 2 rings (SSSR count). The third-order valence-corrected chi connectivity index (χ3v) is 4.73. The fourth-order valence-electron chi connectivity index (χ4n) is 3.40. The van der Waals surface area contributed by atoms with Crippen LogP contribution < -0.4 is 5.73 Å². The van der Waals surface area contributed by atoms with Crippen LogP contribution in [0, 0.1) is 11.8 Å². The number of hydrogen-bond donors (Lipinski definition) is 1. The van der Waals surface area contributed by atoms with Gasteiger partial charge in [-0.15, -0.1) is 0 Å². The maximum absolute atomic E-state index is 6.13. The number of methoxy groups -OCH3 is 1. The molecule has 0 aromatic heterocycles. The number of ether oxygens (including phenoxy) is 1. The summed E-state index contributed by atoms with van der Waals surface area (Å²) in [6.45, 7) is 6.35. The Labute approximate surface area is 106 Å². The fraction of sp³-hybridized carbons (Fsp3) is 1.00. The second kappa shape index (κ2) is 5.68. The Kier molecular flexibility index (Phi) is 4.45. The van der Waals surface area contributed by atoms with Crippen molar-refractivity contribution in [1.29, 1.82) is 0 Å². The highest BCUT2D eigenvalue weighted by Gasteiger charge is 2.48. The minimum atomic E-state index is 0.138. The Hall–Kier alpha value is -0.120. The molecule has 1 aliphatic heterocycles. The molecular formula is C14H28N2O. The van der Waals surface area contributed by atoms with Gasteiger partial charge in [0.1, 0.15) is 0 Å². The predicted molar refractivity (Wildman–Crippen MR) is 71.0 cm³/mol. The van der Waals surface area contributed by atoms with Gasteiger partial charge in [0, 0.05) is 13.7 Å². The van der Waals surface area contributed by atoms with Gasteiger partial charge in [-0.05, 0) is 57.0 Å². The quantitative estimate of drug-likeness (QED) is 0.797. The van der Waals surface area contributed by atoms with Crippen molar-refractivity contribution in [1.82, 2.24) is 4.90 Å². The van der Waals surface area contributed by atoms with Crippen LogP contribution in [0.1, 0.15) is 39.0 Å². The SMILES string of the molecule is COCC(CN)(C1CC1)N1CCCC(C)CC1. The molecular weight excluding hydrogens is 212 g/mol. The maximum atomic E-state index is 6.13. The van der Waals surface area contributed by atoms with Gasteiger partial charge in [0.2, 0.25) is 0 Å². The Balaban J connectivity index is 2.08. The molecule has 3 nitrogen and oxygen atoms in total. The van der Waals surface area contributed by atoms with E-state index in [1.54, 1.807) is 0 Å². The normalized spacial score (nSPS) is 30.9. The molecule has 2 N–H and O–H groups in total. The van der Waals surface area contributed by atoms with E-state index < -0.39 is 0 Å². The van der Waals surface area contributed by atoms with E-state index >= 15 is 0 Å². The largest absolute Gasteiger partial charge is 0.383 e. The second-order valence-corrected chi connectivity index (χ2v) is 6.04. The summed E-state index contributed by atoms with van der Waals surface area (Å²) >= 11 is 0. The number of nitrogens with two attached hydrogens (primary N) is 1. The van der Waals surface area contributed by atoms with E-state index in [0.29, 0.717) is 0 Å². The monoisotopic (exact) mass is 240 g/mol. The molecule has 3 heteroatoms. The van der Waals surface area contributed by atoms with Crippen molar-refractivity contribution in [3.63, 3.8) is 0 Å². The average Bonchev–Trinajstić information content (AvgIpc) is 3.14. The highest BCUT2D eigenvalue weighted by atomic mass is 16.5. The van der Waals surface area contributed by atoms with Crippen LogP contribution in [0.4, 0.5) is 0 Å². The topological polar surface area (TPSA) is 38.5 Å². The van der Waals surface area contributed by atoms with Crippen molar-refractivity contribution in [2.45, 2.75) is 44.6 Å². The summed E-state index contributed by atoms with van der Waals surface area (Å²) in [5.74, 6) is 1.65. The molecule has 1 saturated carbocycles. The first kappa shape index (κ1) is 13.3. The van der Waals surface area contributed by atoms with Crippen LogP contribution in [-0.4, -0.2) is 43.8 Å². The van der Waals surface area contributed by atoms with Crippen molar-refractivity contribution < 1.29 is 4.74 Å². The van der Waals surface area contributed by atoms with Gasteiger partial charge in [-0.1, -0.05) is 6.92 Å². The van der Waals surface area contributed by atoms with E-state index in [1.165, 1.54) is 45.2 Å². The first-order valence-electron chi connectivity index (χ1n) is 7.17. The predicted octanol–water partition coefficient (Wildman–Crippen LogP) is 1.86. The zero-order chi connectivity index (χ0) is 12.3. The van der Waals surface area contributed by atoms with Gasteiger partial charge >= 0.3 is 0 Å². The average molecular weight is 240 g/mol. The number of rotatable bonds is 5. The van der Waals surface area contributed by atoms with Crippen LogP contribution in [-0.2, 0) is 4.74 Å². The highest BCUT2D eigenvalue weighted by molar-refractivity contribution is 5.04. The van der Waals surface area contributed by atoms with Gasteiger partial charge in [0.15, 0.2) is 0 Å². The van der Waals surface area contributed by atoms with Gasteiger partial charge in [0.05, 0.1) is 12.1 Å². The fourth-order valence-corrected chi connectivity index (χ4v) is 3.40. The van der Waals surface area contributed by atoms with Gasteiger partial charge in [-0.3, -0.25) is 4.90 Å². The summed E-state index contributed by atoms with van der Waals surface area (Å²) in [6, 6.07) is 0. The zero-order valence-corrected chi connectivity index (χ0v) is 11.5. The summed E-state index contributed by atoms with van der Waals surface area (Å²) in [5.41, 5.74) is 6.27. The minimum Gasteiger partial charge on any atom is -0.383 e. The van der Waals surface area contributed by atoms with E-state index in [0.717, 1.165) is 25.0 Å². The van der Waals surface area contributed by atoms with Gasteiger partial charge in [0.25, 0.3) is 0 Å². The van der Waals surface area contributed by atoms with Crippen LogP contribution in [0.2, 0.25) is 0 Å². The summed E-state index contributed by atoms with van der Waals surface area (Å²) in [4.78, 5) is 2.65. The summed E-state index contributed by atoms with van der Waals surface area (Å²) < 4.78 is 5.50. The zero-order valence-electron chi connectivity index (χ0n) is 11.5. The van der Waals surface area contributed by atoms with Crippen LogP contribution >= 0.6 is 0 Å². The molecule has 1 saturated heterocycles. The van der Waals surface area contributed by atoms with Crippen molar-refractivity contribution in [3.05, 3.63) is 0 Å². The number of likely N-dealkylation sites (tertiary alicyclic amines) is 1. The molecule has 1 aliphatic carbocycles. The first-order valence-corrected chi connectivity index (χ1v) is 7.17. The Morgan fingerprint density at radius 2 is 2.00 bits per heavy atom. The van der Waals surface area contributed by atoms with Gasteiger partial charge in [-0.2, -0.15) is 0 Å². The number of hydrogen-bond acceptors (Lipinski definition) is 3. The molecule has 1 heterocycles. The van der Waals surface area contributed by atoms with E-state index in [-0.39, 0.29) is 5.54 Å². The number of nitrogens with zero attached hydrogens (tertiary/aromatic N) is 1. The lowest BCUT2D eigenvalue weighted by atomic mass is 9.91. The smallest absolute Gasteiger partial charge is 0.0661 e. The molecule has 17 heavy (non-hydrogen) atoms. The molecule has 0 amide bonds.